The molecular weight excluding hydrogens is 558 g/mol. The molecule has 1 aliphatic rings. The molecule has 5 heterocycles. The number of nitrogens with zero attached hydrogens (tertiary/aromatic N) is 7. The summed E-state index contributed by atoms with van der Waals surface area (Å²) in [6.45, 7) is 5.36. The highest BCUT2D eigenvalue weighted by atomic mass is 35.5. The second-order valence-electron chi connectivity index (χ2n) is 9.50. The third kappa shape index (κ3) is 5.49. The van der Waals surface area contributed by atoms with E-state index in [0.29, 0.717) is 28.0 Å². The van der Waals surface area contributed by atoms with Crippen LogP contribution in [0.1, 0.15) is 50.1 Å². The van der Waals surface area contributed by atoms with Crippen LogP contribution in [0.3, 0.4) is 0 Å². The number of methoxy groups -OCH3 is 1. The smallest absolute Gasteiger partial charge is 0.257 e. The molecule has 4 aromatic rings. The zero-order valence-electron chi connectivity index (χ0n) is 22.3. The first-order chi connectivity index (χ1) is 19.2. The predicted octanol–water partition coefficient (Wildman–Crippen LogP) is 3.64. The van der Waals surface area contributed by atoms with Crippen molar-refractivity contribution in [3.63, 3.8) is 0 Å². The number of sulfone groups is 1. The van der Waals surface area contributed by atoms with E-state index >= 15 is 0 Å². The largest absolute Gasteiger partial charge is 0.485 e. The van der Waals surface area contributed by atoms with Crippen molar-refractivity contribution in [1.29, 1.82) is 0 Å². The Morgan fingerprint density at radius 1 is 1.10 bits per heavy atom. The Morgan fingerprint density at radius 3 is 2.55 bits per heavy atom. The van der Waals surface area contributed by atoms with Gasteiger partial charge in [0.1, 0.15) is 24.3 Å². The Morgan fingerprint density at radius 2 is 1.88 bits per heavy atom. The number of ether oxygens (including phenoxy) is 3. The second kappa shape index (κ2) is 11.4. The molecule has 3 atom stereocenters. The molecule has 1 aliphatic heterocycles. The van der Waals surface area contributed by atoms with Crippen molar-refractivity contribution in [2.75, 3.05) is 13.7 Å². The molecule has 0 radical (unpaired) electrons. The van der Waals surface area contributed by atoms with E-state index in [9.17, 15) is 8.42 Å². The van der Waals surface area contributed by atoms with Gasteiger partial charge in [-0.3, -0.25) is 9.55 Å². The van der Waals surface area contributed by atoms with Gasteiger partial charge in [0.25, 0.3) is 5.88 Å². The maximum absolute atomic E-state index is 13.9. The van der Waals surface area contributed by atoms with Crippen LogP contribution in [-0.2, 0) is 20.3 Å². The summed E-state index contributed by atoms with van der Waals surface area (Å²) in [4.78, 5) is 17.0. The van der Waals surface area contributed by atoms with Crippen LogP contribution in [0.2, 0.25) is 5.02 Å². The van der Waals surface area contributed by atoms with Gasteiger partial charge >= 0.3 is 0 Å². The van der Waals surface area contributed by atoms with Crippen molar-refractivity contribution in [1.82, 2.24) is 34.7 Å². The third-order valence-corrected chi connectivity index (χ3v) is 8.71. The van der Waals surface area contributed by atoms with Gasteiger partial charge in [-0.1, -0.05) is 17.7 Å². The molecule has 12 nitrogen and oxygen atoms in total. The van der Waals surface area contributed by atoms with Crippen molar-refractivity contribution in [2.45, 2.75) is 50.0 Å². The van der Waals surface area contributed by atoms with Crippen LogP contribution in [0.4, 0.5) is 0 Å². The topological polar surface area (TPSA) is 144 Å². The van der Waals surface area contributed by atoms with Gasteiger partial charge in [-0.25, -0.2) is 23.4 Å². The minimum absolute atomic E-state index is 0.145. The van der Waals surface area contributed by atoms with Gasteiger partial charge in [-0.05, 0) is 38.5 Å². The summed E-state index contributed by atoms with van der Waals surface area (Å²) in [7, 11) is -2.38. The molecule has 210 valence electrons. The van der Waals surface area contributed by atoms with Crippen LogP contribution in [-0.4, -0.2) is 68.2 Å². The van der Waals surface area contributed by atoms with Gasteiger partial charge in [-0.2, -0.15) is 0 Å². The van der Waals surface area contributed by atoms with Crippen molar-refractivity contribution in [2.24, 2.45) is 0 Å². The van der Waals surface area contributed by atoms with E-state index in [1.165, 1.54) is 19.5 Å². The van der Waals surface area contributed by atoms with Crippen molar-refractivity contribution >= 4 is 21.4 Å². The van der Waals surface area contributed by atoms with Gasteiger partial charge in [0, 0.05) is 31.0 Å². The van der Waals surface area contributed by atoms with Crippen molar-refractivity contribution in [3.05, 3.63) is 71.4 Å². The Bertz CT molecular complexity index is 1580. The summed E-state index contributed by atoms with van der Waals surface area (Å²) in [6.07, 6.45) is 6.56. The number of pyridine rings is 2. The molecular formula is C26H28ClN7O5S. The van der Waals surface area contributed by atoms with Crippen LogP contribution in [0.25, 0.3) is 11.4 Å². The van der Waals surface area contributed by atoms with E-state index in [2.05, 4.69) is 30.1 Å². The van der Waals surface area contributed by atoms with Crippen LogP contribution >= 0.6 is 11.6 Å². The molecule has 0 aromatic carbocycles. The minimum atomic E-state index is -3.88. The number of fused-ring (bicyclic) bond motifs is 3. The lowest BCUT2D eigenvalue weighted by molar-refractivity contribution is 0.00142. The Balaban J connectivity index is 1.57. The number of rotatable bonds is 9. The highest BCUT2D eigenvalue weighted by Gasteiger charge is 2.37. The van der Waals surface area contributed by atoms with Crippen molar-refractivity contribution in [3.8, 4) is 23.0 Å². The molecule has 0 saturated heterocycles. The summed E-state index contributed by atoms with van der Waals surface area (Å²) in [5.41, 5.74) is 1.38. The van der Waals surface area contributed by atoms with Gasteiger partial charge in [0.2, 0.25) is 0 Å². The fraction of sp³-hybridized carbons (Fsp3) is 0.385. The predicted molar refractivity (Wildman–Crippen MR) is 146 cm³/mol. The first-order valence-corrected chi connectivity index (χ1v) is 14.6. The summed E-state index contributed by atoms with van der Waals surface area (Å²) >= 11 is 5.96. The first-order valence-electron chi connectivity index (χ1n) is 12.5. The Kier molecular flexibility index (Phi) is 7.97. The summed E-state index contributed by atoms with van der Waals surface area (Å²) in [5, 5.41) is 8.08. The van der Waals surface area contributed by atoms with E-state index < -0.39 is 33.0 Å². The number of hydrogen-bond donors (Lipinski definition) is 0. The molecule has 40 heavy (non-hydrogen) atoms. The lowest BCUT2D eigenvalue weighted by Gasteiger charge is -2.25. The Hall–Kier alpha value is -3.68. The SMILES string of the molecule is COc1nccc2c1OC[C@@H](c1cccnc1)n1c(CS(=O)(=O)[C@@H](C)[C@@H](OC(C)C)c3ncc(Cl)cn3)nnc1-2. The Labute approximate surface area is 236 Å². The van der Waals surface area contributed by atoms with Crippen molar-refractivity contribution < 1.29 is 22.6 Å². The maximum Gasteiger partial charge on any atom is 0.257 e. The van der Waals surface area contributed by atoms with Crippen LogP contribution < -0.4 is 9.47 Å². The normalized spacial score (nSPS) is 16.4. The first kappa shape index (κ1) is 27.9. The number of halogens is 1. The highest BCUT2D eigenvalue weighted by Crippen LogP contribution is 2.41. The van der Waals surface area contributed by atoms with Gasteiger partial charge in [0.05, 0.1) is 35.1 Å². The van der Waals surface area contributed by atoms with Crippen LogP contribution in [0.15, 0.2) is 49.2 Å². The van der Waals surface area contributed by atoms with Gasteiger partial charge in [0.15, 0.2) is 27.2 Å². The fourth-order valence-corrected chi connectivity index (χ4v) is 6.00. The van der Waals surface area contributed by atoms with E-state index in [-0.39, 0.29) is 24.4 Å². The second-order valence-corrected chi connectivity index (χ2v) is 12.3. The molecule has 0 N–H and O–H groups in total. The van der Waals surface area contributed by atoms with Gasteiger partial charge < -0.3 is 14.2 Å². The average molecular weight is 586 g/mol. The van der Waals surface area contributed by atoms with E-state index in [4.69, 9.17) is 25.8 Å². The van der Waals surface area contributed by atoms with Crippen LogP contribution in [0, 0.1) is 0 Å². The molecule has 0 spiro atoms. The maximum atomic E-state index is 13.9. The third-order valence-electron chi connectivity index (χ3n) is 6.48. The molecule has 14 heteroatoms. The lowest BCUT2D eigenvalue weighted by Crippen LogP contribution is -2.32. The molecule has 4 aromatic heterocycles. The summed E-state index contributed by atoms with van der Waals surface area (Å²) < 4.78 is 47.2. The molecule has 5 rings (SSSR count). The lowest BCUT2D eigenvalue weighted by atomic mass is 10.1. The van der Waals surface area contributed by atoms with E-state index in [0.717, 1.165) is 5.56 Å². The van der Waals surface area contributed by atoms with E-state index in [1.54, 1.807) is 42.2 Å². The molecule has 0 unspecified atom stereocenters. The molecule has 0 aliphatic carbocycles. The van der Waals surface area contributed by atoms with Gasteiger partial charge in [-0.15, -0.1) is 10.2 Å². The molecule has 0 fully saturated rings. The highest BCUT2D eigenvalue weighted by molar-refractivity contribution is 7.91. The van der Waals surface area contributed by atoms with E-state index in [1.807, 2.05) is 19.9 Å². The average Bonchev–Trinajstić information content (AvgIpc) is 3.26. The zero-order valence-corrected chi connectivity index (χ0v) is 23.9. The minimum Gasteiger partial charge on any atom is -0.485 e. The fourth-order valence-electron chi connectivity index (χ4n) is 4.52. The zero-order chi connectivity index (χ0) is 28.4. The van der Waals surface area contributed by atoms with Crippen LogP contribution in [0.5, 0.6) is 11.6 Å². The quantitative estimate of drug-likeness (QED) is 0.284. The monoisotopic (exact) mass is 585 g/mol. The summed E-state index contributed by atoms with van der Waals surface area (Å²) in [5.74, 6) is 1.17. The standard InChI is InChI=1S/C26H28ClN7O5S/c1-15(2)39-22(24-30-11-18(27)12-31-24)16(3)40(35,36)14-21-32-33-25-19-7-9-29-26(37-4)23(19)38-13-20(34(21)25)17-6-5-8-28-10-17/h5-12,15-16,20,22H,13-14H2,1-4H3/t16-,20-,22+/m0/s1. The number of hydrogen-bond acceptors (Lipinski definition) is 11. The molecule has 0 saturated carbocycles. The summed E-state index contributed by atoms with van der Waals surface area (Å²) in [6, 6.07) is 4.95. The molecule has 0 bridgehead atoms. The molecule has 0 amide bonds. The number of aromatic nitrogens is 7.